The van der Waals surface area contributed by atoms with Gasteiger partial charge >= 0.3 is 0 Å². The Labute approximate surface area is 125 Å². The van der Waals surface area contributed by atoms with E-state index in [1.54, 1.807) is 6.07 Å². The first-order valence-corrected chi connectivity index (χ1v) is 7.32. The lowest BCUT2D eigenvalue weighted by Gasteiger charge is -2.14. The predicted molar refractivity (Wildman–Crippen MR) is 82.2 cm³/mol. The average Bonchev–Trinajstić information content (AvgIpc) is 2.37. The summed E-state index contributed by atoms with van der Waals surface area (Å²) in [5.41, 5.74) is 0.961. The van der Waals surface area contributed by atoms with Crippen LogP contribution in [0.3, 0.4) is 0 Å². The van der Waals surface area contributed by atoms with Crippen LogP contribution in [0.25, 0.3) is 0 Å². The second-order valence-corrected chi connectivity index (χ2v) is 5.32. The number of ether oxygens (including phenoxy) is 1. The van der Waals surface area contributed by atoms with Gasteiger partial charge in [-0.25, -0.2) is 0 Å². The van der Waals surface area contributed by atoms with Crippen molar-refractivity contribution in [3.05, 3.63) is 28.8 Å². The van der Waals surface area contributed by atoms with Crippen LogP contribution >= 0.6 is 11.6 Å². The molecule has 1 rings (SSSR count). The minimum absolute atomic E-state index is 0.0251. The molecule has 0 aliphatic carbocycles. The Bertz CT molecular complexity index is 436. The van der Waals surface area contributed by atoms with Crippen molar-refractivity contribution in [3.8, 4) is 5.75 Å². The molecule has 1 aromatic carbocycles. The van der Waals surface area contributed by atoms with Gasteiger partial charge in [0, 0.05) is 18.2 Å². The van der Waals surface area contributed by atoms with Crippen LogP contribution in [0.4, 0.5) is 0 Å². The third-order valence-electron chi connectivity index (χ3n) is 2.59. The molecule has 0 aliphatic heterocycles. The maximum absolute atomic E-state index is 11.6. The fourth-order valence-electron chi connectivity index (χ4n) is 1.76. The average molecular weight is 299 g/mol. The van der Waals surface area contributed by atoms with Gasteiger partial charge in [-0.1, -0.05) is 30.7 Å². The molecule has 1 aromatic rings. The van der Waals surface area contributed by atoms with Gasteiger partial charge in [0.05, 0.1) is 5.02 Å². The topological polar surface area (TPSA) is 50.4 Å². The van der Waals surface area contributed by atoms with Crippen LogP contribution in [0, 0.1) is 0 Å². The number of halogens is 1. The van der Waals surface area contributed by atoms with Gasteiger partial charge in [0.1, 0.15) is 5.75 Å². The number of amides is 1. The molecule has 0 heterocycles. The Morgan fingerprint density at radius 1 is 1.40 bits per heavy atom. The number of rotatable bonds is 8. The van der Waals surface area contributed by atoms with Crippen molar-refractivity contribution in [2.75, 3.05) is 13.2 Å². The van der Waals surface area contributed by atoms with Crippen molar-refractivity contribution in [3.63, 3.8) is 0 Å². The first kappa shape index (κ1) is 16.8. The van der Waals surface area contributed by atoms with Crippen molar-refractivity contribution in [2.24, 2.45) is 0 Å². The minimum Gasteiger partial charge on any atom is -0.482 e. The standard InChI is InChI=1S/C15H23ClN2O2/c1-4-8-17-9-12-6-5-7-13(16)15(12)20-10-14(19)18-11(2)3/h5-7,11,17H,4,8-10H2,1-3H3,(H,18,19). The van der Waals surface area contributed by atoms with Gasteiger partial charge in [-0.05, 0) is 32.9 Å². The minimum atomic E-state index is -0.146. The van der Waals surface area contributed by atoms with E-state index in [-0.39, 0.29) is 18.6 Å². The molecule has 0 unspecified atom stereocenters. The lowest BCUT2D eigenvalue weighted by Crippen LogP contribution is -2.34. The largest absolute Gasteiger partial charge is 0.482 e. The number of carbonyl (C=O) groups is 1. The van der Waals surface area contributed by atoms with Gasteiger partial charge in [-0.2, -0.15) is 0 Å². The SMILES string of the molecule is CCCNCc1cccc(Cl)c1OCC(=O)NC(C)C. The fraction of sp³-hybridized carbons (Fsp3) is 0.533. The van der Waals surface area contributed by atoms with Crippen molar-refractivity contribution in [2.45, 2.75) is 39.8 Å². The molecule has 0 fully saturated rings. The Hall–Kier alpha value is -1.26. The Kier molecular flexibility index (Phi) is 7.41. The smallest absolute Gasteiger partial charge is 0.258 e. The van der Waals surface area contributed by atoms with Crippen LogP contribution in [0.1, 0.15) is 32.8 Å². The summed E-state index contributed by atoms with van der Waals surface area (Å²) in [5, 5.41) is 6.61. The first-order valence-electron chi connectivity index (χ1n) is 6.94. The van der Waals surface area contributed by atoms with Crippen LogP contribution in [0.2, 0.25) is 5.02 Å². The second kappa shape index (κ2) is 8.82. The number of hydrogen-bond donors (Lipinski definition) is 2. The summed E-state index contributed by atoms with van der Waals surface area (Å²) in [7, 11) is 0. The van der Waals surface area contributed by atoms with E-state index in [1.165, 1.54) is 0 Å². The highest BCUT2D eigenvalue weighted by atomic mass is 35.5. The highest BCUT2D eigenvalue weighted by Crippen LogP contribution is 2.28. The van der Waals surface area contributed by atoms with E-state index < -0.39 is 0 Å². The molecule has 2 N–H and O–H groups in total. The summed E-state index contributed by atoms with van der Waals surface area (Å²) < 4.78 is 5.58. The first-order chi connectivity index (χ1) is 9.54. The lowest BCUT2D eigenvalue weighted by molar-refractivity contribution is -0.123. The van der Waals surface area contributed by atoms with E-state index >= 15 is 0 Å². The fourth-order valence-corrected chi connectivity index (χ4v) is 2.00. The molecule has 0 spiro atoms. The van der Waals surface area contributed by atoms with Gasteiger partial charge in [0.2, 0.25) is 0 Å². The van der Waals surface area contributed by atoms with Crippen LogP contribution in [-0.4, -0.2) is 25.1 Å². The summed E-state index contributed by atoms with van der Waals surface area (Å²) in [5.74, 6) is 0.434. The summed E-state index contributed by atoms with van der Waals surface area (Å²) in [6.07, 6.45) is 1.06. The van der Waals surface area contributed by atoms with E-state index in [4.69, 9.17) is 16.3 Å². The lowest BCUT2D eigenvalue weighted by atomic mass is 10.2. The monoisotopic (exact) mass is 298 g/mol. The number of carbonyl (C=O) groups excluding carboxylic acids is 1. The highest BCUT2D eigenvalue weighted by Gasteiger charge is 2.11. The highest BCUT2D eigenvalue weighted by molar-refractivity contribution is 6.32. The zero-order chi connectivity index (χ0) is 15.0. The van der Waals surface area contributed by atoms with Gasteiger partial charge in [-0.3, -0.25) is 4.79 Å². The maximum Gasteiger partial charge on any atom is 0.258 e. The molecule has 0 radical (unpaired) electrons. The summed E-state index contributed by atoms with van der Waals surface area (Å²) >= 11 is 6.15. The third-order valence-corrected chi connectivity index (χ3v) is 2.89. The van der Waals surface area contributed by atoms with E-state index in [1.807, 2.05) is 26.0 Å². The van der Waals surface area contributed by atoms with Gasteiger partial charge in [0.15, 0.2) is 6.61 Å². The molecule has 1 amide bonds. The molecule has 0 aromatic heterocycles. The molecule has 112 valence electrons. The maximum atomic E-state index is 11.6. The van der Waals surface area contributed by atoms with Crippen molar-refractivity contribution >= 4 is 17.5 Å². The number of nitrogens with one attached hydrogen (secondary N) is 2. The van der Waals surface area contributed by atoms with Gasteiger partial charge in [0.25, 0.3) is 5.91 Å². The van der Waals surface area contributed by atoms with Crippen LogP contribution in [0.5, 0.6) is 5.75 Å². The van der Waals surface area contributed by atoms with Crippen molar-refractivity contribution in [1.82, 2.24) is 10.6 Å². The van der Waals surface area contributed by atoms with Crippen LogP contribution in [-0.2, 0) is 11.3 Å². The molecule has 0 atom stereocenters. The molecule has 0 saturated carbocycles. The Morgan fingerprint density at radius 2 is 2.15 bits per heavy atom. The van der Waals surface area contributed by atoms with Crippen molar-refractivity contribution in [1.29, 1.82) is 0 Å². The van der Waals surface area contributed by atoms with E-state index in [2.05, 4.69) is 17.6 Å². The van der Waals surface area contributed by atoms with Crippen molar-refractivity contribution < 1.29 is 9.53 Å². The van der Waals surface area contributed by atoms with E-state index in [0.717, 1.165) is 18.5 Å². The molecule has 4 nitrogen and oxygen atoms in total. The summed E-state index contributed by atoms with van der Waals surface area (Å²) in [4.78, 5) is 11.6. The normalized spacial score (nSPS) is 10.7. The van der Waals surface area contributed by atoms with Crippen LogP contribution in [0.15, 0.2) is 18.2 Å². The number of para-hydroxylation sites is 1. The second-order valence-electron chi connectivity index (χ2n) is 4.92. The zero-order valence-electron chi connectivity index (χ0n) is 12.3. The van der Waals surface area contributed by atoms with E-state index in [0.29, 0.717) is 17.3 Å². The summed E-state index contributed by atoms with van der Waals surface area (Å²) in [6, 6.07) is 5.69. The third kappa shape index (κ3) is 5.80. The Morgan fingerprint density at radius 3 is 2.80 bits per heavy atom. The number of hydrogen-bond acceptors (Lipinski definition) is 3. The predicted octanol–water partition coefficient (Wildman–Crippen LogP) is 2.74. The van der Waals surface area contributed by atoms with E-state index in [9.17, 15) is 4.79 Å². The van der Waals surface area contributed by atoms with Crippen LogP contribution < -0.4 is 15.4 Å². The molecule has 5 heteroatoms. The van der Waals surface area contributed by atoms with Gasteiger partial charge < -0.3 is 15.4 Å². The molecular weight excluding hydrogens is 276 g/mol. The summed E-state index contributed by atoms with van der Waals surface area (Å²) in [6.45, 7) is 7.51. The van der Waals surface area contributed by atoms with Gasteiger partial charge in [-0.15, -0.1) is 0 Å². The molecule has 0 bridgehead atoms. The Balaban J connectivity index is 2.65. The molecular formula is C15H23ClN2O2. The molecule has 0 saturated heterocycles. The number of benzene rings is 1. The molecule has 20 heavy (non-hydrogen) atoms. The molecule has 0 aliphatic rings. The quantitative estimate of drug-likeness (QED) is 0.726. The zero-order valence-corrected chi connectivity index (χ0v) is 13.1.